The Hall–Kier alpha value is -0.320. The summed E-state index contributed by atoms with van der Waals surface area (Å²) in [7, 11) is 0. The van der Waals surface area contributed by atoms with E-state index in [0.717, 1.165) is 38.0 Å². The summed E-state index contributed by atoms with van der Waals surface area (Å²) in [6.45, 7) is 7.18. The van der Waals surface area contributed by atoms with Crippen LogP contribution in [0, 0.1) is 11.8 Å². The van der Waals surface area contributed by atoms with E-state index < -0.39 is 0 Å². The van der Waals surface area contributed by atoms with E-state index >= 15 is 0 Å². The third-order valence-electron chi connectivity index (χ3n) is 3.45. The molecule has 2 fully saturated rings. The van der Waals surface area contributed by atoms with Gasteiger partial charge in [0.2, 0.25) is 0 Å². The molecule has 2 unspecified atom stereocenters. The molecule has 0 spiro atoms. The number of esters is 1. The van der Waals surface area contributed by atoms with Gasteiger partial charge in [0.05, 0.1) is 13.2 Å². The number of likely N-dealkylation sites (tertiary alicyclic amines) is 1. The number of piperidine rings is 1. The Labute approximate surface area is 103 Å². The summed E-state index contributed by atoms with van der Waals surface area (Å²) >= 11 is 0. The Kier molecular flexibility index (Phi) is 5.52. The minimum atomic E-state index is -0.0816. The summed E-state index contributed by atoms with van der Waals surface area (Å²) in [6.07, 6.45) is 1.22. The molecule has 94 valence electrons. The maximum absolute atomic E-state index is 11.3. The van der Waals surface area contributed by atoms with Gasteiger partial charge in [-0.05, 0) is 44.8 Å². The van der Waals surface area contributed by atoms with Crippen LogP contribution in [0.3, 0.4) is 0 Å². The quantitative estimate of drug-likeness (QED) is 0.740. The summed E-state index contributed by atoms with van der Waals surface area (Å²) in [5.41, 5.74) is 0. The van der Waals surface area contributed by atoms with Crippen molar-refractivity contribution in [3.05, 3.63) is 0 Å². The Morgan fingerprint density at radius 2 is 2.19 bits per heavy atom. The van der Waals surface area contributed by atoms with Crippen LogP contribution in [0.4, 0.5) is 0 Å². The molecule has 0 saturated carbocycles. The molecule has 0 radical (unpaired) electrons. The van der Waals surface area contributed by atoms with Crippen LogP contribution in [0.25, 0.3) is 0 Å². The van der Waals surface area contributed by atoms with Gasteiger partial charge in [0.1, 0.15) is 0 Å². The summed E-state index contributed by atoms with van der Waals surface area (Å²) in [4.78, 5) is 13.6. The number of hydrogen-bond acceptors (Lipinski definition) is 4. The first kappa shape index (κ1) is 13.7. The van der Waals surface area contributed by atoms with Crippen molar-refractivity contribution in [3.8, 4) is 0 Å². The highest BCUT2D eigenvalue weighted by Gasteiger charge is 2.33. The zero-order valence-electron chi connectivity index (χ0n) is 9.78. The molecule has 2 saturated heterocycles. The number of ether oxygens (including phenoxy) is 1. The van der Waals surface area contributed by atoms with Crippen LogP contribution in [-0.2, 0) is 9.53 Å². The fraction of sp³-hybridized carbons (Fsp3) is 0.909. The predicted molar refractivity (Wildman–Crippen MR) is 64.8 cm³/mol. The molecule has 0 aromatic carbocycles. The lowest BCUT2D eigenvalue weighted by molar-refractivity contribution is -0.145. The van der Waals surface area contributed by atoms with Crippen molar-refractivity contribution in [2.24, 2.45) is 11.8 Å². The zero-order valence-corrected chi connectivity index (χ0v) is 10.6. The molecule has 1 N–H and O–H groups in total. The smallest absolute Gasteiger partial charge is 0.320 e. The molecular formula is C11H21ClN2O2. The molecule has 0 bridgehead atoms. The molecule has 2 aliphatic heterocycles. The largest absolute Gasteiger partial charge is 0.465 e. The number of hydrogen-bond donors (Lipinski definition) is 1. The first-order valence-corrected chi connectivity index (χ1v) is 5.88. The molecule has 2 atom stereocenters. The standard InChI is InChI=1S/C11H20N2O2.ClH/c1-2-15-11(14)8-13-4-3-9-5-12-6-10(9)7-13;/h9-10,12H,2-8H2,1H3;1H. The summed E-state index contributed by atoms with van der Waals surface area (Å²) < 4.78 is 4.96. The van der Waals surface area contributed by atoms with Crippen LogP contribution >= 0.6 is 12.4 Å². The lowest BCUT2D eigenvalue weighted by Crippen LogP contribution is -2.42. The highest BCUT2D eigenvalue weighted by molar-refractivity contribution is 5.85. The van der Waals surface area contributed by atoms with E-state index in [2.05, 4.69) is 10.2 Å². The number of carbonyl (C=O) groups is 1. The predicted octanol–water partition coefficient (Wildman–Crippen LogP) is 0.513. The van der Waals surface area contributed by atoms with Gasteiger partial charge in [-0.3, -0.25) is 9.69 Å². The second-order valence-corrected chi connectivity index (χ2v) is 4.51. The fourth-order valence-electron chi connectivity index (χ4n) is 2.64. The van der Waals surface area contributed by atoms with Crippen molar-refractivity contribution in [1.29, 1.82) is 0 Å². The van der Waals surface area contributed by atoms with Crippen molar-refractivity contribution >= 4 is 18.4 Å². The Balaban J connectivity index is 0.00000128. The minimum Gasteiger partial charge on any atom is -0.465 e. The van der Waals surface area contributed by atoms with Gasteiger partial charge in [-0.2, -0.15) is 0 Å². The Morgan fingerprint density at radius 1 is 1.44 bits per heavy atom. The molecule has 2 aliphatic rings. The van der Waals surface area contributed by atoms with Gasteiger partial charge in [-0.15, -0.1) is 12.4 Å². The third-order valence-corrected chi connectivity index (χ3v) is 3.45. The molecule has 0 aliphatic carbocycles. The summed E-state index contributed by atoms with van der Waals surface area (Å²) in [5.74, 6) is 1.50. The number of fused-ring (bicyclic) bond motifs is 1. The number of nitrogens with zero attached hydrogens (tertiary/aromatic N) is 1. The van der Waals surface area contributed by atoms with Crippen LogP contribution in [0.5, 0.6) is 0 Å². The van der Waals surface area contributed by atoms with E-state index in [9.17, 15) is 4.79 Å². The van der Waals surface area contributed by atoms with Crippen molar-refractivity contribution in [2.45, 2.75) is 13.3 Å². The van der Waals surface area contributed by atoms with Crippen LogP contribution in [0.15, 0.2) is 0 Å². The van der Waals surface area contributed by atoms with Gasteiger partial charge in [-0.1, -0.05) is 0 Å². The van der Waals surface area contributed by atoms with Crippen LogP contribution in [-0.4, -0.2) is 50.2 Å². The van der Waals surface area contributed by atoms with Crippen LogP contribution in [0.1, 0.15) is 13.3 Å². The normalized spacial score (nSPS) is 29.3. The highest BCUT2D eigenvalue weighted by atomic mass is 35.5. The van der Waals surface area contributed by atoms with Crippen molar-refractivity contribution in [2.75, 3.05) is 39.3 Å². The van der Waals surface area contributed by atoms with Crippen LogP contribution < -0.4 is 5.32 Å². The second-order valence-electron chi connectivity index (χ2n) is 4.51. The number of halogens is 1. The first-order chi connectivity index (χ1) is 7.29. The lowest BCUT2D eigenvalue weighted by atomic mass is 9.89. The molecule has 0 amide bonds. The maximum Gasteiger partial charge on any atom is 0.320 e. The van der Waals surface area contributed by atoms with E-state index in [1.54, 1.807) is 0 Å². The molecule has 2 rings (SSSR count). The number of rotatable bonds is 3. The molecular weight excluding hydrogens is 228 g/mol. The lowest BCUT2D eigenvalue weighted by Gasteiger charge is -2.33. The van der Waals surface area contributed by atoms with Gasteiger partial charge in [0.15, 0.2) is 0 Å². The van der Waals surface area contributed by atoms with Crippen molar-refractivity contribution in [3.63, 3.8) is 0 Å². The molecule has 0 aromatic heterocycles. The average Bonchev–Trinajstić information content (AvgIpc) is 2.65. The molecule has 0 aromatic rings. The molecule has 5 heteroatoms. The number of carbonyl (C=O) groups excluding carboxylic acids is 1. The first-order valence-electron chi connectivity index (χ1n) is 5.88. The van der Waals surface area contributed by atoms with Crippen molar-refractivity contribution < 1.29 is 9.53 Å². The van der Waals surface area contributed by atoms with Gasteiger partial charge in [-0.25, -0.2) is 0 Å². The Bertz CT molecular complexity index is 238. The van der Waals surface area contributed by atoms with Gasteiger partial charge < -0.3 is 10.1 Å². The second kappa shape index (κ2) is 6.42. The van der Waals surface area contributed by atoms with E-state index in [1.165, 1.54) is 6.42 Å². The monoisotopic (exact) mass is 248 g/mol. The van der Waals surface area contributed by atoms with E-state index in [4.69, 9.17) is 4.74 Å². The maximum atomic E-state index is 11.3. The van der Waals surface area contributed by atoms with Gasteiger partial charge in [0.25, 0.3) is 0 Å². The minimum absolute atomic E-state index is 0. The van der Waals surface area contributed by atoms with Crippen LogP contribution in [0.2, 0.25) is 0 Å². The SMILES string of the molecule is CCOC(=O)CN1CCC2CNCC2C1.Cl. The highest BCUT2D eigenvalue weighted by Crippen LogP contribution is 2.26. The Morgan fingerprint density at radius 3 is 2.94 bits per heavy atom. The van der Waals surface area contributed by atoms with Gasteiger partial charge in [0, 0.05) is 6.54 Å². The van der Waals surface area contributed by atoms with Crippen molar-refractivity contribution in [1.82, 2.24) is 10.2 Å². The van der Waals surface area contributed by atoms with E-state index in [0.29, 0.717) is 13.2 Å². The van der Waals surface area contributed by atoms with Gasteiger partial charge >= 0.3 is 5.97 Å². The average molecular weight is 249 g/mol. The van der Waals surface area contributed by atoms with E-state index in [1.807, 2.05) is 6.92 Å². The topological polar surface area (TPSA) is 41.6 Å². The molecule has 16 heavy (non-hydrogen) atoms. The fourth-order valence-corrected chi connectivity index (χ4v) is 2.64. The summed E-state index contributed by atoms with van der Waals surface area (Å²) in [5, 5.41) is 3.42. The molecule has 2 heterocycles. The number of nitrogens with one attached hydrogen (secondary N) is 1. The third kappa shape index (κ3) is 3.34. The van der Waals surface area contributed by atoms with E-state index in [-0.39, 0.29) is 18.4 Å². The zero-order chi connectivity index (χ0) is 10.7. The molecule has 4 nitrogen and oxygen atoms in total. The summed E-state index contributed by atoms with van der Waals surface area (Å²) in [6, 6.07) is 0.